The lowest BCUT2D eigenvalue weighted by Gasteiger charge is -2.42. The summed E-state index contributed by atoms with van der Waals surface area (Å²) in [5, 5.41) is 3.02. The van der Waals surface area contributed by atoms with Gasteiger partial charge in [-0.2, -0.15) is 0 Å². The Morgan fingerprint density at radius 2 is 2.31 bits per heavy atom. The van der Waals surface area contributed by atoms with Crippen molar-refractivity contribution < 1.29 is 13.9 Å². The summed E-state index contributed by atoms with van der Waals surface area (Å²) >= 11 is 0. The molecule has 0 bridgehead atoms. The van der Waals surface area contributed by atoms with Crippen LogP contribution in [0.3, 0.4) is 0 Å². The zero-order valence-corrected chi connectivity index (χ0v) is 14.8. The van der Waals surface area contributed by atoms with E-state index in [4.69, 9.17) is 9.15 Å². The molecule has 0 saturated carbocycles. The quantitative estimate of drug-likeness (QED) is 0.891. The molecule has 0 radical (unpaired) electrons. The van der Waals surface area contributed by atoms with Crippen LogP contribution in [0.4, 0.5) is 0 Å². The number of piperidine rings is 1. The predicted octanol–water partition coefficient (Wildman–Crippen LogP) is 2.22. The molecule has 4 rings (SSSR count). The molecule has 6 nitrogen and oxygen atoms in total. The largest absolute Gasteiger partial charge is 0.468 e. The average Bonchev–Trinajstić information content (AvgIpc) is 3.19. The topological polar surface area (TPSA) is 67.6 Å². The first-order chi connectivity index (χ1) is 12.8. The second-order valence-corrected chi connectivity index (χ2v) is 7.25. The molecule has 4 heterocycles. The van der Waals surface area contributed by atoms with Gasteiger partial charge in [-0.05, 0) is 42.5 Å². The Hall–Kier alpha value is -2.18. The highest BCUT2D eigenvalue weighted by molar-refractivity contribution is 5.78. The van der Waals surface area contributed by atoms with E-state index in [1.807, 2.05) is 24.3 Å². The summed E-state index contributed by atoms with van der Waals surface area (Å²) in [6.45, 7) is 3.84. The number of nitrogens with zero attached hydrogens (tertiary/aromatic N) is 2. The van der Waals surface area contributed by atoms with Crippen molar-refractivity contribution in [2.45, 2.75) is 32.0 Å². The van der Waals surface area contributed by atoms with Crippen molar-refractivity contribution in [2.75, 3.05) is 19.7 Å². The van der Waals surface area contributed by atoms with Crippen LogP contribution in [0.15, 0.2) is 47.3 Å². The second-order valence-electron chi connectivity index (χ2n) is 7.25. The number of ether oxygens (including phenoxy) is 1. The second kappa shape index (κ2) is 8.01. The summed E-state index contributed by atoms with van der Waals surface area (Å²) in [5.74, 6) is 1.40. The molecule has 1 amide bonds. The molecule has 2 aliphatic heterocycles. The van der Waals surface area contributed by atoms with E-state index in [-0.39, 0.29) is 17.9 Å². The minimum Gasteiger partial charge on any atom is -0.468 e. The number of carbonyl (C=O) groups is 1. The number of furan rings is 1. The molecule has 2 saturated heterocycles. The smallest absolute Gasteiger partial charge is 0.225 e. The average molecular weight is 355 g/mol. The van der Waals surface area contributed by atoms with Crippen LogP contribution in [-0.4, -0.2) is 41.6 Å². The summed E-state index contributed by atoms with van der Waals surface area (Å²) in [6, 6.07) is 7.78. The van der Waals surface area contributed by atoms with E-state index in [1.54, 1.807) is 18.7 Å². The summed E-state index contributed by atoms with van der Waals surface area (Å²) in [5.41, 5.74) is 1.01. The Morgan fingerprint density at radius 1 is 1.35 bits per heavy atom. The Bertz CT molecular complexity index is 704. The first-order valence-electron chi connectivity index (χ1n) is 9.31. The van der Waals surface area contributed by atoms with E-state index < -0.39 is 0 Å². The highest BCUT2D eigenvalue weighted by atomic mass is 16.5. The van der Waals surface area contributed by atoms with Gasteiger partial charge in [0.2, 0.25) is 5.91 Å². The number of rotatable bonds is 5. The van der Waals surface area contributed by atoms with Crippen molar-refractivity contribution in [3.8, 4) is 0 Å². The van der Waals surface area contributed by atoms with E-state index in [9.17, 15) is 4.79 Å². The molecule has 138 valence electrons. The summed E-state index contributed by atoms with van der Waals surface area (Å²) in [7, 11) is 0. The fourth-order valence-corrected chi connectivity index (χ4v) is 3.99. The van der Waals surface area contributed by atoms with Crippen molar-refractivity contribution in [3.05, 3.63) is 54.2 Å². The molecule has 0 spiro atoms. The summed E-state index contributed by atoms with van der Waals surface area (Å²) < 4.78 is 11.5. The number of hydrogen-bond acceptors (Lipinski definition) is 5. The summed E-state index contributed by atoms with van der Waals surface area (Å²) in [4.78, 5) is 19.0. The van der Waals surface area contributed by atoms with Crippen molar-refractivity contribution >= 4 is 5.91 Å². The minimum absolute atomic E-state index is 0.0727. The number of nitrogens with one attached hydrogen (secondary N) is 1. The van der Waals surface area contributed by atoms with Crippen LogP contribution in [0, 0.1) is 11.8 Å². The first kappa shape index (κ1) is 17.2. The number of hydrogen-bond donors (Lipinski definition) is 1. The van der Waals surface area contributed by atoms with E-state index in [1.165, 1.54) is 0 Å². The van der Waals surface area contributed by atoms with Crippen LogP contribution in [-0.2, 0) is 22.6 Å². The molecule has 1 N–H and O–H groups in total. The molecule has 3 atom stereocenters. The first-order valence-corrected chi connectivity index (χ1v) is 9.31. The lowest BCUT2D eigenvalue weighted by Crippen LogP contribution is -2.50. The van der Waals surface area contributed by atoms with E-state index >= 15 is 0 Å². The van der Waals surface area contributed by atoms with Gasteiger partial charge in [0.15, 0.2) is 0 Å². The lowest BCUT2D eigenvalue weighted by molar-refractivity contribution is -0.139. The van der Waals surface area contributed by atoms with Crippen LogP contribution < -0.4 is 5.32 Å². The van der Waals surface area contributed by atoms with Crippen molar-refractivity contribution in [2.24, 2.45) is 11.8 Å². The standard InChI is InChI=1S/C20H25N3O3/c24-20(22-11-15-3-1-6-21-10-15)17-9-16-12-23(7-5-19(16)26-14-17)13-18-4-2-8-25-18/h1-4,6,8,10,16-17,19H,5,7,9,11-14H2,(H,22,24)/t16-,17-,19+/m1/s1. The van der Waals surface area contributed by atoms with Crippen molar-refractivity contribution in [3.63, 3.8) is 0 Å². The van der Waals surface area contributed by atoms with Gasteiger partial charge in [0.1, 0.15) is 5.76 Å². The molecule has 2 aromatic heterocycles. The molecular weight excluding hydrogens is 330 g/mol. The van der Waals surface area contributed by atoms with Crippen LogP contribution in [0.25, 0.3) is 0 Å². The maximum absolute atomic E-state index is 12.5. The molecule has 26 heavy (non-hydrogen) atoms. The van der Waals surface area contributed by atoms with E-state index in [2.05, 4.69) is 15.2 Å². The molecule has 2 aliphatic rings. The Kier molecular flexibility index (Phi) is 5.32. The molecule has 0 aliphatic carbocycles. The number of amides is 1. The van der Waals surface area contributed by atoms with Gasteiger partial charge in [-0.15, -0.1) is 0 Å². The molecule has 0 unspecified atom stereocenters. The van der Waals surface area contributed by atoms with Gasteiger partial charge in [-0.25, -0.2) is 0 Å². The van der Waals surface area contributed by atoms with Crippen LogP contribution >= 0.6 is 0 Å². The minimum atomic E-state index is -0.0727. The van der Waals surface area contributed by atoms with E-state index in [0.29, 0.717) is 19.1 Å². The summed E-state index contributed by atoms with van der Waals surface area (Å²) in [6.07, 6.45) is 7.42. The maximum atomic E-state index is 12.5. The maximum Gasteiger partial charge on any atom is 0.225 e. The third kappa shape index (κ3) is 4.14. The monoisotopic (exact) mass is 355 g/mol. The Labute approximate surface area is 153 Å². The van der Waals surface area contributed by atoms with Gasteiger partial charge in [-0.1, -0.05) is 6.07 Å². The number of fused-ring (bicyclic) bond motifs is 1. The van der Waals surface area contributed by atoms with Gasteiger partial charge in [-0.3, -0.25) is 14.7 Å². The molecule has 0 aromatic carbocycles. The van der Waals surface area contributed by atoms with Crippen LogP contribution in [0.2, 0.25) is 0 Å². The fourth-order valence-electron chi connectivity index (χ4n) is 3.99. The normalized spacial score (nSPS) is 26.2. The molecule has 2 fully saturated rings. The van der Waals surface area contributed by atoms with Gasteiger partial charge < -0.3 is 14.5 Å². The fraction of sp³-hybridized carbons (Fsp3) is 0.500. The van der Waals surface area contributed by atoms with Gasteiger partial charge in [0, 0.05) is 32.0 Å². The molecule has 6 heteroatoms. The Balaban J connectivity index is 1.29. The third-order valence-electron chi connectivity index (χ3n) is 5.37. The van der Waals surface area contributed by atoms with Crippen molar-refractivity contribution in [1.29, 1.82) is 0 Å². The Morgan fingerprint density at radius 3 is 3.12 bits per heavy atom. The highest BCUT2D eigenvalue weighted by Gasteiger charge is 2.38. The zero-order valence-electron chi connectivity index (χ0n) is 14.8. The van der Waals surface area contributed by atoms with Crippen LogP contribution in [0.5, 0.6) is 0 Å². The number of carbonyl (C=O) groups excluding carboxylic acids is 1. The predicted molar refractivity (Wildman–Crippen MR) is 96.0 cm³/mol. The number of likely N-dealkylation sites (tertiary alicyclic amines) is 1. The van der Waals surface area contributed by atoms with Crippen LogP contribution in [0.1, 0.15) is 24.2 Å². The SMILES string of the molecule is O=C(NCc1cccnc1)[C@H]1CO[C@H]2CCN(Cc3ccco3)C[C@H]2C1. The number of aromatic nitrogens is 1. The molecular formula is C20H25N3O3. The van der Waals surface area contributed by atoms with Gasteiger partial charge >= 0.3 is 0 Å². The highest BCUT2D eigenvalue weighted by Crippen LogP contribution is 2.32. The van der Waals surface area contributed by atoms with Gasteiger partial charge in [0.25, 0.3) is 0 Å². The van der Waals surface area contributed by atoms with Gasteiger partial charge in [0.05, 0.1) is 31.4 Å². The van der Waals surface area contributed by atoms with Crippen molar-refractivity contribution in [1.82, 2.24) is 15.2 Å². The number of pyridine rings is 1. The zero-order chi connectivity index (χ0) is 17.8. The third-order valence-corrected chi connectivity index (χ3v) is 5.37. The lowest BCUT2D eigenvalue weighted by atomic mass is 9.83. The molecule has 2 aromatic rings. The van der Waals surface area contributed by atoms with E-state index in [0.717, 1.165) is 43.8 Å².